The number of benzene rings is 2. The maximum absolute atomic E-state index is 13.2. The van der Waals surface area contributed by atoms with Crippen molar-refractivity contribution in [3.63, 3.8) is 0 Å². The molecule has 0 spiro atoms. The fourth-order valence-electron chi connectivity index (χ4n) is 2.82. The average molecular weight is 364 g/mol. The Kier molecular flexibility index (Phi) is 7.18. The number of hydrogen-bond donors (Lipinski definition) is 0. The Morgan fingerprint density at radius 1 is 0.960 bits per heavy atom. The average Bonchev–Trinajstić information content (AvgIpc) is 2.60. The van der Waals surface area contributed by atoms with Gasteiger partial charge in [-0.2, -0.15) is 0 Å². The molecule has 0 aliphatic rings. The molecule has 0 saturated heterocycles. The third-order valence-electron chi connectivity index (χ3n) is 3.85. The molecule has 0 unspecified atom stereocenters. The minimum Gasteiger partial charge on any atom is -0.465 e. The summed E-state index contributed by atoms with van der Waals surface area (Å²) in [6.45, 7) is 5.78. The zero-order chi connectivity index (χ0) is 18.3. The molecule has 25 heavy (non-hydrogen) atoms. The topological polar surface area (TPSA) is 61.8 Å². The summed E-state index contributed by atoms with van der Waals surface area (Å²) in [5.41, 5.74) is -0.0751. The second kappa shape index (κ2) is 9.14. The lowest BCUT2D eigenvalue weighted by atomic mass is 10.0. The highest BCUT2D eigenvalue weighted by Crippen LogP contribution is 2.54. The number of carbonyl (C=O) groups is 1. The van der Waals surface area contributed by atoms with Crippen molar-refractivity contribution in [1.82, 2.24) is 0 Å². The Bertz CT molecular complexity index is 743. The van der Waals surface area contributed by atoms with Gasteiger partial charge in [-0.05, 0) is 43.5 Å². The fourth-order valence-corrected chi connectivity index (χ4v) is 4.73. The van der Waals surface area contributed by atoms with Crippen LogP contribution < -0.4 is 0 Å². The molecule has 0 aliphatic carbocycles. The quantitative estimate of drug-likeness (QED) is 0.481. The Morgan fingerprint density at radius 2 is 1.60 bits per heavy atom. The van der Waals surface area contributed by atoms with Crippen molar-refractivity contribution in [2.75, 3.05) is 19.8 Å². The summed E-state index contributed by atoms with van der Waals surface area (Å²) in [7, 11) is -3.63. The molecule has 2 rings (SSSR count). The predicted octanol–water partition coefficient (Wildman–Crippen LogP) is 4.58. The lowest BCUT2D eigenvalue weighted by Crippen LogP contribution is -2.28. The van der Waals surface area contributed by atoms with Gasteiger partial charge in [0, 0.05) is 0 Å². The van der Waals surface area contributed by atoms with E-state index in [0.29, 0.717) is 0 Å². The number of hydrogen-bond acceptors (Lipinski definition) is 5. The standard InChI is InChI=1S/C19H25O5P/c1-4-22-19(20)18(25(21,23-5-2)24-6-3)14-16-12-9-11-15-10-7-8-13-17(15)16/h7-13,18H,4-6,14H2,1-3H3/t18-/m1/s1. The molecule has 0 fully saturated rings. The fraction of sp³-hybridized carbons (Fsp3) is 0.421. The molecule has 0 aromatic heterocycles. The van der Waals surface area contributed by atoms with Crippen molar-refractivity contribution in [2.24, 2.45) is 0 Å². The Balaban J connectivity index is 2.44. The highest BCUT2D eigenvalue weighted by atomic mass is 31.2. The lowest BCUT2D eigenvalue weighted by Gasteiger charge is -2.25. The molecule has 0 aliphatic heterocycles. The van der Waals surface area contributed by atoms with E-state index in [0.717, 1.165) is 16.3 Å². The van der Waals surface area contributed by atoms with E-state index in [4.69, 9.17) is 13.8 Å². The van der Waals surface area contributed by atoms with E-state index >= 15 is 0 Å². The SMILES string of the molecule is CCOC(=O)[C@@H](Cc1cccc2ccccc12)P(=O)(OCC)OCC. The van der Waals surface area contributed by atoms with Crippen molar-refractivity contribution >= 4 is 24.3 Å². The number of carbonyl (C=O) groups excluding carboxylic acids is 1. The van der Waals surface area contributed by atoms with Crippen LogP contribution in [0, 0.1) is 0 Å². The zero-order valence-corrected chi connectivity index (χ0v) is 15.8. The molecule has 0 amide bonds. The first-order chi connectivity index (χ1) is 12.1. The van der Waals surface area contributed by atoms with Crippen LogP contribution in [0.25, 0.3) is 10.8 Å². The van der Waals surface area contributed by atoms with Crippen LogP contribution in [-0.4, -0.2) is 31.4 Å². The summed E-state index contributed by atoms with van der Waals surface area (Å²) < 4.78 is 29.2. The second-order valence-corrected chi connectivity index (χ2v) is 7.71. The van der Waals surface area contributed by atoms with Crippen LogP contribution in [0.4, 0.5) is 0 Å². The number of rotatable bonds is 9. The minimum absolute atomic E-state index is 0.197. The Hall–Kier alpha value is -1.68. The van der Waals surface area contributed by atoms with Gasteiger partial charge in [-0.3, -0.25) is 9.36 Å². The maximum Gasteiger partial charge on any atom is 0.345 e. The summed E-state index contributed by atoms with van der Waals surface area (Å²) in [6.07, 6.45) is 0.234. The van der Waals surface area contributed by atoms with E-state index in [9.17, 15) is 9.36 Å². The summed E-state index contributed by atoms with van der Waals surface area (Å²) in [4.78, 5) is 12.5. The summed E-state index contributed by atoms with van der Waals surface area (Å²) in [5.74, 6) is -0.555. The van der Waals surface area contributed by atoms with E-state index in [-0.39, 0.29) is 26.2 Å². The number of ether oxygens (including phenoxy) is 1. The van der Waals surface area contributed by atoms with E-state index < -0.39 is 19.2 Å². The van der Waals surface area contributed by atoms with Crippen LogP contribution in [0.15, 0.2) is 42.5 Å². The molecule has 0 N–H and O–H groups in total. The van der Waals surface area contributed by atoms with Gasteiger partial charge >= 0.3 is 13.6 Å². The van der Waals surface area contributed by atoms with E-state index in [1.165, 1.54) is 0 Å². The van der Waals surface area contributed by atoms with Crippen LogP contribution in [-0.2, 0) is 29.6 Å². The van der Waals surface area contributed by atoms with Gasteiger partial charge in [0.05, 0.1) is 19.8 Å². The molecule has 2 aromatic rings. The van der Waals surface area contributed by atoms with Gasteiger partial charge in [0.25, 0.3) is 0 Å². The third kappa shape index (κ3) is 4.69. The summed E-state index contributed by atoms with van der Waals surface area (Å²) >= 11 is 0. The highest BCUT2D eigenvalue weighted by molar-refractivity contribution is 7.55. The summed E-state index contributed by atoms with van der Waals surface area (Å²) in [5, 5.41) is 2.07. The van der Waals surface area contributed by atoms with Gasteiger partial charge in [0.2, 0.25) is 0 Å². The molecule has 5 nitrogen and oxygen atoms in total. The molecular weight excluding hydrogens is 339 g/mol. The normalized spacial score (nSPS) is 12.9. The third-order valence-corrected chi connectivity index (χ3v) is 6.24. The second-order valence-electron chi connectivity index (χ2n) is 5.49. The van der Waals surface area contributed by atoms with Crippen molar-refractivity contribution in [3.05, 3.63) is 48.0 Å². The molecule has 136 valence electrons. The molecule has 0 radical (unpaired) electrons. The lowest BCUT2D eigenvalue weighted by molar-refractivity contribution is -0.143. The van der Waals surface area contributed by atoms with Crippen molar-refractivity contribution < 1.29 is 23.1 Å². The Labute approximate surface area is 148 Å². The van der Waals surface area contributed by atoms with Crippen LogP contribution in [0.2, 0.25) is 0 Å². The van der Waals surface area contributed by atoms with E-state index in [2.05, 4.69) is 0 Å². The van der Waals surface area contributed by atoms with Gasteiger partial charge in [-0.1, -0.05) is 42.5 Å². The van der Waals surface area contributed by atoms with Crippen LogP contribution in [0.5, 0.6) is 0 Å². The molecule has 0 heterocycles. The van der Waals surface area contributed by atoms with Gasteiger partial charge in [-0.25, -0.2) is 0 Å². The minimum atomic E-state index is -3.63. The van der Waals surface area contributed by atoms with Crippen molar-refractivity contribution in [2.45, 2.75) is 32.9 Å². The molecular formula is C19H25O5P. The van der Waals surface area contributed by atoms with E-state index in [1.54, 1.807) is 20.8 Å². The first kappa shape index (κ1) is 19.6. The molecule has 1 atom stereocenters. The highest BCUT2D eigenvalue weighted by Gasteiger charge is 2.42. The zero-order valence-electron chi connectivity index (χ0n) is 14.9. The first-order valence-corrected chi connectivity index (χ1v) is 10.2. The molecule has 0 saturated carbocycles. The molecule has 0 bridgehead atoms. The first-order valence-electron chi connectivity index (χ1n) is 8.57. The molecule has 2 aromatic carbocycles. The number of esters is 1. The van der Waals surface area contributed by atoms with Crippen LogP contribution in [0.1, 0.15) is 26.3 Å². The van der Waals surface area contributed by atoms with Crippen molar-refractivity contribution in [1.29, 1.82) is 0 Å². The Morgan fingerprint density at radius 3 is 2.24 bits per heavy atom. The molecule has 6 heteroatoms. The van der Waals surface area contributed by atoms with Gasteiger partial charge in [0.1, 0.15) is 0 Å². The predicted molar refractivity (Wildman–Crippen MR) is 98.9 cm³/mol. The van der Waals surface area contributed by atoms with Gasteiger partial charge in [-0.15, -0.1) is 0 Å². The van der Waals surface area contributed by atoms with E-state index in [1.807, 2.05) is 42.5 Å². The maximum atomic E-state index is 13.2. The van der Waals surface area contributed by atoms with Gasteiger partial charge in [0.15, 0.2) is 5.66 Å². The van der Waals surface area contributed by atoms with Crippen LogP contribution >= 0.6 is 7.60 Å². The number of fused-ring (bicyclic) bond motifs is 1. The van der Waals surface area contributed by atoms with Gasteiger partial charge < -0.3 is 13.8 Å². The van der Waals surface area contributed by atoms with Crippen LogP contribution in [0.3, 0.4) is 0 Å². The summed E-state index contributed by atoms with van der Waals surface area (Å²) in [6, 6.07) is 13.7. The smallest absolute Gasteiger partial charge is 0.345 e. The monoisotopic (exact) mass is 364 g/mol. The largest absolute Gasteiger partial charge is 0.465 e. The van der Waals surface area contributed by atoms with Crippen molar-refractivity contribution in [3.8, 4) is 0 Å².